The van der Waals surface area contributed by atoms with Crippen LogP contribution in [-0.4, -0.2) is 24.8 Å². The Morgan fingerprint density at radius 3 is 2.63 bits per heavy atom. The van der Waals surface area contributed by atoms with Crippen molar-refractivity contribution in [3.05, 3.63) is 0 Å². The monoisotopic (exact) mass is 266 g/mol. The molecule has 0 aromatic rings. The number of nitrogens with zero attached hydrogens (tertiary/aromatic N) is 1. The van der Waals surface area contributed by atoms with Crippen LogP contribution in [0.25, 0.3) is 0 Å². The third-order valence-electron chi connectivity index (χ3n) is 4.36. The van der Waals surface area contributed by atoms with E-state index >= 15 is 0 Å². The second kappa shape index (κ2) is 7.26. The summed E-state index contributed by atoms with van der Waals surface area (Å²) in [5, 5.41) is 12.5. The zero-order valence-electron chi connectivity index (χ0n) is 13.2. The molecule has 4 unspecified atom stereocenters. The SMILES string of the molecule is CCNC(C)(C#N)COC1CC(C)CCC1C(C)C. The first-order chi connectivity index (χ1) is 8.91. The molecule has 0 radical (unpaired) electrons. The van der Waals surface area contributed by atoms with E-state index in [0.29, 0.717) is 24.5 Å². The van der Waals surface area contributed by atoms with E-state index in [0.717, 1.165) is 18.9 Å². The lowest BCUT2D eigenvalue weighted by Crippen LogP contribution is -2.47. The first kappa shape index (κ1) is 16.5. The normalized spacial score (nSPS) is 30.9. The van der Waals surface area contributed by atoms with Crippen molar-refractivity contribution >= 4 is 0 Å². The highest BCUT2D eigenvalue weighted by Crippen LogP contribution is 2.35. The minimum Gasteiger partial charge on any atom is -0.375 e. The number of nitriles is 1. The largest absolute Gasteiger partial charge is 0.375 e. The second-order valence-corrected chi connectivity index (χ2v) is 6.65. The summed E-state index contributed by atoms with van der Waals surface area (Å²) in [6.07, 6.45) is 4.02. The zero-order chi connectivity index (χ0) is 14.5. The number of nitrogens with one attached hydrogen (secondary N) is 1. The molecule has 0 amide bonds. The molecule has 3 nitrogen and oxygen atoms in total. The highest BCUT2D eigenvalue weighted by Gasteiger charge is 2.33. The van der Waals surface area contributed by atoms with Crippen molar-refractivity contribution in [1.82, 2.24) is 5.32 Å². The number of hydrogen-bond donors (Lipinski definition) is 1. The van der Waals surface area contributed by atoms with Crippen LogP contribution in [0.5, 0.6) is 0 Å². The third-order valence-corrected chi connectivity index (χ3v) is 4.36. The number of hydrogen-bond acceptors (Lipinski definition) is 3. The average molecular weight is 266 g/mol. The standard InChI is InChI=1S/C16H30N2O/c1-6-18-16(5,10-17)11-19-15-9-13(4)7-8-14(15)12(2)3/h12-15,18H,6-9,11H2,1-5H3. The minimum atomic E-state index is -0.559. The summed E-state index contributed by atoms with van der Waals surface area (Å²) in [5.41, 5.74) is -0.559. The van der Waals surface area contributed by atoms with Gasteiger partial charge in [-0.05, 0) is 44.1 Å². The maximum atomic E-state index is 9.28. The molecule has 0 bridgehead atoms. The third kappa shape index (κ3) is 4.78. The van der Waals surface area contributed by atoms with Gasteiger partial charge in [-0.3, -0.25) is 5.32 Å². The van der Waals surface area contributed by atoms with E-state index in [-0.39, 0.29) is 0 Å². The Labute approximate surface area is 118 Å². The van der Waals surface area contributed by atoms with Crippen LogP contribution in [0.1, 0.15) is 53.9 Å². The van der Waals surface area contributed by atoms with Crippen LogP contribution in [0.15, 0.2) is 0 Å². The van der Waals surface area contributed by atoms with Gasteiger partial charge in [0.2, 0.25) is 0 Å². The average Bonchev–Trinajstić information content (AvgIpc) is 2.36. The topological polar surface area (TPSA) is 45.0 Å². The van der Waals surface area contributed by atoms with Crippen molar-refractivity contribution in [2.75, 3.05) is 13.2 Å². The van der Waals surface area contributed by atoms with E-state index in [4.69, 9.17) is 4.74 Å². The van der Waals surface area contributed by atoms with Crippen LogP contribution in [0.2, 0.25) is 0 Å². The van der Waals surface area contributed by atoms with Crippen molar-refractivity contribution in [2.45, 2.75) is 65.5 Å². The predicted molar refractivity (Wildman–Crippen MR) is 78.8 cm³/mol. The summed E-state index contributed by atoms with van der Waals surface area (Å²) < 4.78 is 6.15. The van der Waals surface area contributed by atoms with Crippen LogP contribution < -0.4 is 5.32 Å². The van der Waals surface area contributed by atoms with Gasteiger partial charge in [-0.1, -0.05) is 34.1 Å². The number of rotatable bonds is 6. The molecular weight excluding hydrogens is 236 g/mol. The van der Waals surface area contributed by atoms with Crippen molar-refractivity contribution in [3.63, 3.8) is 0 Å². The molecule has 0 saturated heterocycles. The highest BCUT2D eigenvalue weighted by molar-refractivity contribution is 5.04. The van der Waals surface area contributed by atoms with Crippen LogP contribution in [0, 0.1) is 29.1 Å². The van der Waals surface area contributed by atoms with E-state index in [1.54, 1.807) is 0 Å². The van der Waals surface area contributed by atoms with Gasteiger partial charge in [-0.25, -0.2) is 0 Å². The molecule has 1 fully saturated rings. The van der Waals surface area contributed by atoms with E-state index in [9.17, 15) is 5.26 Å². The van der Waals surface area contributed by atoms with Gasteiger partial charge in [0.15, 0.2) is 0 Å². The summed E-state index contributed by atoms with van der Waals surface area (Å²) in [6.45, 7) is 12.1. The smallest absolute Gasteiger partial charge is 0.127 e. The molecule has 1 saturated carbocycles. The van der Waals surface area contributed by atoms with Crippen LogP contribution >= 0.6 is 0 Å². The Morgan fingerprint density at radius 2 is 2.11 bits per heavy atom. The summed E-state index contributed by atoms with van der Waals surface area (Å²) in [7, 11) is 0. The number of ether oxygens (including phenoxy) is 1. The molecule has 4 atom stereocenters. The molecule has 1 rings (SSSR count). The van der Waals surface area contributed by atoms with E-state index in [2.05, 4.69) is 32.2 Å². The highest BCUT2D eigenvalue weighted by atomic mass is 16.5. The van der Waals surface area contributed by atoms with E-state index in [1.165, 1.54) is 12.8 Å². The van der Waals surface area contributed by atoms with Gasteiger partial charge < -0.3 is 4.74 Å². The molecule has 1 aliphatic rings. The molecule has 3 heteroatoms. The summed E-state index contributed by atoms with van der Waals surface area (Å²) in [5.74, 6) is 2.04. The van der Waals surface area contributed by atoms with Crippen LogP contribution in [-0.2, 0) is 4.74 Å². The lowest BCUT2D eigenvalue weighted by Gasteiger charge is -2.38. The molecule has 0 aromatic heterocycles. The molecule has 1 aliphatic carbocycles. The fraction of sp³-hybridized carbons (Fsp3) is 0.938. The maximum absolute atomic E-state index is 9.28. The summed E-state index contributed by atoms with van der Waals surface area (Å²) in [6, 6.07) is 2.34. The fourth-order valence-corrected chi connectivity index (χ4v) is 3.09. The van der Waals surface area contributed by atoms with Gasteiger partial charge in [0.1, 0.15) is 5.54 Å². The van der Waals surface area contributed by atoms with Crippen molar-refractivity contribution in [2.24, 2.45) is 17.8 Å². The van der Waals surface area contributed by atoms with Gasteiger partial charge in [-0.2, -0.15) is 5.26 Å². The molecule has 19 heavy (non-hydrogen) atoms. The number of likely N-dealkylation sites (N-methyl/N-ethyl adjacent to an activating group) is 1. The molecule has 0 spiro atoms. The quantitative estimate of drug-likeness (QED) is 0.802. The molecular formula is C16H30N2O. The Bertz CT molecular complexity index is 310. The van der Waals surface area contributed by atoms with Crippen LogP contribution in [0.4, 0.5) is 0 Å². The molecule has 110 valence electrons. The maximum Gasteiger partial charge on any atom is 0.127 e. The van der Waals surface area contributed by atoms with Crippen molar-refractivity contribution in [3.8, 4) is 6.07 Å². The van der Waals surface area contributed by atoms with Crippen molar-refractivity contribution < 1.29 is 4.74 Å². The van der Waals surface area contributed by atoms with Gasteiger partial charge in [-0.15, -0.1) is 0 Å². The fourth-order valence-electron chi connectivity index (χ4n) is 3.09. The Morgan fingerprint density at radius 1 is 1.42 bits per heavy atom. The lowest BCUT2D eigenvalue weighted by atomic mass is 9.75. The van der Waals surface area contributed by atoms with E-state index in [1.807, 2.05) is 13.8 Å². The second-order valence-electron chi connectivity index (χ2n) is 6.65. The molecule has 1 N–H and O–H groups in total. The minimum absolute atomic E-state index is 0.315. The van der Waals surface area contributed by atoms with Crippen molar-refractivity contribution in [1.29, 1.82) is 5.26 Å². The molecule has 0 aromatic carbocycles. The van der Waals surface area contributed by atoms with Gasteiger partial charge in [0, 0.05) is 0 Å². The predicted octanol–water partition coefficient (Wildman–Crippen LogP) is 3.36. The zero-order valence-corrected chi connectivity index (χ0v) is 13.2. The van der Waals surface area contributed by atoms with Crippen LogP contribution in [0.3, 0.4) is 0 Å². The van der Waals surface area contributed by atoms with Gasteiger partial charge >= 0.3 is 0 Å². The first-order valence-corrected chi connectivity index (χ1v) is 7.69. The molecule has 0 heterocycles. The van der Waals surface area contributed by atoms with Gasteiger partial charge in [0.05, 0.1) is 18.8 Å². The summed E-state index contributed by atoms with van der Waals surface area (Å²) in [4.78, 5) is 0. The molecule has 0 aliphatic heterocycles. The first-order valence-electron chi connectivity index (χ1n) is 7.69. The Hall–Kier alpha value is -0.590. The van der Waals surface area contributed by atoms with E-state index < -0.39 is 5.54 Å². The summed E-state index contributed by atoms with van der Waals surface area (Å²) >= 11 is 0. The van der Waals surface area contributed by atoms with Gasteiger partial charge in [0.25, 0.3) is 0 Å². The Balaban J connectivity index is 2.59. The Kier molecular flexibility index (Phi) is 6.29. The lowest BCUT2D eigenvalue weighted by molar-refractivity contribution is -0.0516.